The molecule has 0 unspecified atom stereocenters. The van der Waals surface area contributed by atoms with Gasteiger partial charge in [0.25, 0.3) is 0 Å². The van der Waals surface area contributed by atoms with Crippen molar-refractivity contribution in [3.8, 4) is 0 Å². The molecule has 22 heavy (non-hydrogen) atoms. The van der Waals surface area contributed by atoms with Crippen molar-refractivity contribution in [3.63, 3.8) is 0 Å². The molecule has 0 atom stereocenters. The molecule has 0 saturated heterocycles. The molecular weight excluding hydrogens is 272 g/mol. The summed E-state index contributed by atoms with van der Waals surface area (Å²) in [7, 11) is 2.06. The van der Waals surface area contributed by atoms with Gasteiger partial charge in [-0.3, -0.25) is 4.99 Å². The molecule has 0 bridgehead atoms. The zero-order valence-corrected chi connectivity index (χ0v) is 15.3. The van der Waals surface area contributed by atoms with Crippen LogP contribution in [-0.4, -0.2) is 31.1 Å². The van der Waals surface area contributed by atoms with Gasteiger partial charge in [0.05, 0.1) is 0 Å². The molecule has 124 valence electrons. The number of para-hydroxylation sites is 1. The third kappa shape index (κ3) is 5.80. The summed E-state index contributed by atoms with van der Waals surface area (Å²) in [6.45, 7) is 13.6. The number of ether oxygens (including phenoxy) is 1. The van der Waals surface area contributed by atoms with E-state index in [1.165, 1.54) is 0 Å². The fraction of sp³-hybridized carbons (Fsp3) is 0.632. The highest BCUT2D eigenvalue weighted by Gasteiger charge is 2.30. The Balaban J connectivity index is 2.97. The van der Waals surface area contributed by atoms with Crippen LogP contribution < -0.4 is 4.90 Å². The van der Waals surface area contributed by atoms with Crippen molar-refractivity contribution in [2.45, 2.75) is 59.6 Å². The maximum absolute atomic E-state index is 6.17. The zero-order valence-electron chi connectivity index (χ0n) is 15.3. The van der Waals surface area contributed by atoms with Crippen molar-refractivity contribution in [1.29, 1.82) is 0 Å². The minimum Gasteiger partial charge on any atom is -0.368 e. The first-order valence-corrected chi connectivity index (χ1v) is 8.25. The van der Waals surface area contributed by atoms with Gasteiger partial charge in [0, 0.05) is 25.4 Å². The summed E-state index contributed by atoms with van der Waals surface area (Å²) in [5, 5.41) is 0. The molecule has 0 fully saturated rings. The lowest BCUT2D eigenvalue weighted by Crippen LogP contribution is -2.46. The van der Waals surface area contributed by atoms with Crippen LogP contribution >= 0.6 is 0 Å². The van der Waals surface area contributed by atoms with Gasteiger partial charge in [0.2, 0.25) is 0 Å². The molecule has 0 N–H and O–H groups in total. The first-order chi connectivity index (χ1) is 10.2. The number of likely N-dealkylation sites (N-methyl/N-ethyl adjacent to an activating group) is 1. The van der Waals surface area contributed by atoms with Gasteiger partial charge in [-0.25, -0.2) is 0 Å². The highest BCUT2D eigenvalue weighted by molar-refractivity contribution is 6.03. The third-order valence-electron chi connectivity index (χ3n) is 3.54. The summed E-state index contributed by atoms with van der Waals surface area (Å²) in [6, 6.07) is 10.5. The Kier molecular flexibility index (Phi) is 7.08. The molecule has 0 aromatic heterocycles. The van der Waals surface area contributed by atoms with Gasteiger partial charge in [-0.2, -0.15) is 0 Å². The lowest BCUT2D eigenvalue weighted by Gasteiger charge is -2.34. The Morgan fingerprint density at radius 3 is 2.23 bits per heavy atom. The number of amidine groups is 1. The Labute approximate surface area is 136 Å². The summed E-state index contributed by atoms with van der Waals surface area (Å²) in [5.74, 6) is 1.62. The molecule has 0 aliphatic carbocycles. The number of anilines is 1. The van der Waals surface area contributed by atoms with E-state index in [1.807, 2.05) is 18.2 Å². The van der Waals surface area contributed by atoms with Gasteiger partial charge < -0.3 is 9.64 Å². The lowest BCUT2D eigenvalue weighted by atomic mass is 10.1. The van der Waals surface area contributed by atoms with Crippen molar-refractivity contribution >= 4 is 11.5 Å². The summed E-state index contributed by atoms with van der Waals surface area (Å²) in [6.07, 6.45) is 1.06. The highest BCUT2D eigenvalue weighted by atomic mass is 16.5. The van der Waals surface area contributed by atoms with E-state index < -0.39 is 5.60 Å². The topological polar surface area (TPSA) is 24.8 Å². The van der Waals surface area contributed by atoms with Gasteiger partial charge in [-0.05, 0) is 52.2 Å². The van der Waals surface area contributed by atoms with Crippen molar-refractivity contribution in [2.75, 3.05) is 18.6 Å². The van der Waals surface area contributed by atoms with Gasteiger partial charge in [0.15, 0.2) is 0 Å². The van der Waals surface area contributed by atoms with Crippen LogP contribution in [-0.2, 0) is 4.74 Å². The second kappa shape index (κ2) is 8.33. The molecule has 0 aliphatic rings. The van der Waals surface area contributed by atoms with E-state index >= 15 is 0 Å². The molecule has 1 aromatic rings. The normalized spacial score (nSPS) is 13.0. The molecule has 0 spiro atoms. The summed E-state index contributed by atoms with van der Waals surface area (Å²) in [4.78, 5) is 6.97. The van der Waals surface area contributed by atoms with E-state index in [0.29, 0.717) is 5.92 Å². The van der Waals surface area contributed by atoms with Crippen LogP contribution in [0.1, 0.15) is 48.0 Å². The monoisotopic (exact) mass is 304 g/mol. The highest BCUT2D eigenvalue weighted by Crippen LogP contribution is 2.22. The second-order valence-electron chi connectivity index (χ2n) is 6.98. The van der Waals surface area contributed by atoms with Crippen LogP contribution in [0.15, 0.2) is 35.3 Å². The Hall–Kier alpha value is -1.35. The van der Waals surface area contributed by atoms with Gasteiger partial charge in [0.1, 0.15) is 11.4 Å². The smallest absolute Gasteiger partial charge is 0.136 e. The van der Waals surface area contributed by atoms with E-state index in [2.05, 4.69) is 65.6 Å². The van der Waals surface area contributed by atoms with Crippen LogP contribution in [0.4, 0.5) is 5.69 Å². The van der Waals surface area contributed by atoms with Crippen molar-refractivity contribution in [2.24, 2.45) is 10.9 Å². The molecular formula is C19H32N2O. The average molecular weight is 304 g/mol. The van der Waals surface area contributed by atoms with Crippen molar-refractivity contribution in [1.82, 2.24) is 0 Å². The molecule has 3 heteroatoms. The molecule has 0 heterocycles. The Morgan fingerprint density at radius 1 is 1.14 bits per heavy atom. The van der Waals surface area contributed by atoms with Crippen LogP contribution in [0.2, 0.25) is 0 Å². The van der Waals surface area contributed by atoms with Crippen LogP contribution in [0.3, 0.4) is 0 Å². The fourth-order valence-electron chi connectivity index (χ4n) is 2.28. The molecule has 0 radical (unpaired) electrons. The number of aliphatic imine (C=N–C) groups is 1. The minimum atomic E-state index is -0.413. The standard InChI is InChI=1S/C19H32N2O/c1-15(2)13-14-22-19(5,6)18(20-16(3)4)21(7)17-11-9-8-10-12-17/h8-12,15-16H,13-14H2,1-7H3. The van der Waals surface area contributed by atoms with Gasteiger partial charge >= 0.3 is 0 Å². The van der Waals surface area contributed by atoms with Crippen LogP contribution in [0.25, 0.3) is 0 Å². The summed E-state index contributed by atoms with van der Waals surface area (Å²) >= 11 is 0. The van der Waals surface area contributed by atoms with Crippen molar-refractivity contribution < 1.29 is 4.74 Å². The average Bonchev–Trinajstić information content (AvgIpc) is 2.44. The maximum Gasteiger partial charge on any atom is 0.136 e. The molecule has 0 amide bonds. The quantitative estimate of drug-likeness (QED) is 0.535. The number of rotatable bonds is 7. The van der Waals surface area contributed by atoms with E-state index in [9.17, 15) is 0 Å². The Morgan fingerprint density at radius 2 is 1.73 bits per heavy atom. The minimum absolute atomic E-state index is 0.231. The number of nitrogens with zero attached hydrogens (tertiary/aromatic N) is 2. The van der Waals surface area contributed by atoms with E-state index in [4.69, 9.17) is 9.73 Å². The maximum atomic E-state index is 6.17. The fourth-order valence-corrected chi connectivity index (χ4v) is 2.28. The first-order valence-electron chi connectivity index (χ1n) is 8.25. The van der Waals surface area contributed by atoms with E-state index in [-0.39, 0.29) is 6.04 Å². The lowest BCUT2D eigenvalue weighted by molar-refractivity contribution is 0.0272. The first kappa shape index (κ1) is 18.7. The molecule has 1 rings (SSSR count). The Bertz CT molecular complexity index is 464. The molecule has 0 saturated carbocycles. The van der Waals surface area contributed by atoms with Crippen molar-refractivity contribution in [3.05, 3.63) is 30.3 Å². The predicted molar refractivity (Wildman–Crippen MR) is 96.9 cm³/mol. The summed E-state index contributed by atoms with van der Waals surface area (Å²) in [5.41, 5.74) is 0.714. The SMILES string of the molecule is CC(C)CCOC(C)(C)C(=NC(C)C)N(C)c1ccccc1. The van der Waals surface area contributed by atoms with Crippen LogP contribution in [0.5, 0.6) is 0 Å². The third-order valence-corrected chi connectivity index (χ3v) is 3.54. The number of hydrogen-bond acceptors (Lipinski definition) is 2. The molecule has 3 nitrogen and oxygen atoms in total. The van der Waals surface area contributed by atoms with E-state index in [1.54, 1.807) is 0 Å². The van der Waals surface area contributed by atoms with E-state index in [0.717, 1.165) is 24.6 Å². The molecule has 1 aromatic carbocycles. The number of hydrogen-bond donors (Lipinski definition) is 0. The zero-order chi connectivity index (χ0) is 16.8. The molecule has 0 aliphatic heterocycles. The van der Waals surface area contributed by atoms with Gasteiger partial charge in [-0.15, -0.1) is 0 Å². The largest absolute Gasteiger partial charge is 0.368 e. The predicted octanol–water partition coefficient (Wildman–Crippen LogP) is 4.77. The number of benzene rings is 1. The summed E-state index contributed by atoms with van der Waals surface area (Å²) < 4.78 is 6.17. The second-order valence-corrected chi connectivity index (χ2v) is 6.98. The van der Waals surface area contributed by atoms with Crippen LogP contribution in [0, 0.1) is 5.92 Å². The van der Waals surface area contributed by atoms with Gasteiger partial charge in [-0.1, -0.05) is 32.0 Å².